The Kier molecular flexibility index (Phi) is 5.32. The van der Waals surface area contributed by atoms with Crippen LogP contribution in [0.2, 0.25) is 0 Å². The third kappa shape index (κ3) is 3.60. The highest BCUT2D eigenvalue weighted by atomic mass is 16.5. The maximum absolute atomic E-state index is 12.6. The van der Waals surface area contributed by atoms with Crippen LogP contribution in [0.25, 0.3) is 5.69 Å². The van der Waals surface area contributed by atoms with Gasteiger partial charge in [0.05, 0.1) is 11.8 Å². The van der Waals surface area contributed by atoms with Crippen LogP contribution < -0.4 is 16.6 Å². The number of nitrogens with one attached hydrogen (secondary N) is 1. The van der Waals surface area contributed by atoms with E-state index in [1.807, 2.05) is 13.0 Å². The molecule has 1 aliphatic rings. The number of benzene rings is 1. The van der Waals surface area contributed by atoms with Gasteiger partial charge in [0.1, 0.15) is 0 Å². The van der Waals surface area contributed by atoms with Crippen molar-refractivity contribution in [3.05, 3.63) is 56.4 Å². The third-order valence-corrected chi connectivity index (χ3v) is 4.35. The smallest absolute Gasteiger partial charge is 0.352 e. The van der Waals surface area contributed by atoms with Crippen molar-refractivity contribution < 1.29 is 9.53 Å². The lowest BCUT2D eigenvalue weighted by Crippen LogP contribution is -2.46. The molecular formula is C18H22N4O4. The molecule has 0 radical (unpaired) electrons. The number of amides is 1. The standard InChI is InChI=1S/C18H22N4O4/c1-3-21-17(24)15(16(23)19-11-14-8-5-9-26-14)20-22(18(21)25)13-7-4-6-12(2)10-13/h4,6-7,10,14H,3,5,8-9,11H2,1-2H3,(H,19,23). The van der Waals surface area contributed by atoms with E-state index in [2.05, 4.69) is 10.4 Å². The second-order valence-electron chi connectivity index (χ2n) is 6.28. The predicted molar refractivity (Wildman–Crippen MR) is 95.8 cm³/mol. The van der Waals surface area contributed by atoms with Crippen molar-refractivity contribution in [2.45, 2.75) is 39.3 Å². The van der Waals surface area contributed by atoms with E-state index < -0.39 is 17.2 Å². The number of hydrogen-bond donors (Lipinski definition) is 1. The molecule has 2 heterocycles. The Morgan fingerprint density at radius 1 is 1.38 bits per heavy atom. The molecule has 3 rings (SSSR count). The fourth-order valence-electron chi connectivity index (χ4n) is 2.96. The van der Waals surface area contributed by atoms with Gasteiger partial charge in [0.15, 0.2) is 0 Å². The summed E-state index contributed by atoms with van der Waals surface area (Å²) in [6.45, 7) is 4.71. The zero-order valence-electron chi connectivity index (χ0n) is 14.9. The SMILES string of the molecule is CCn1c(=O)c(C(=O)NCC2CCCO2)nn(-c2cccc(C)c2)c1=O. The molecule has 1 aliphatic heterocycles. The minimum absolute atomic E-state index is 0.0463. The lowest BCUT2D eigenvalue weighted by Gasteiger charge is -2.13. The Hall–Kier alpha value is -2.74. The van der Waals surface area contributed by atoms with Gasteiger partial charge in [0, 0.05) is 19.7 Å². The van der Waals surface area contributed by atoms with Gasteiger partial charge >= 0.3 is 5.69 Å². The van der Waals surface area contributed by atoms with Gasteiger partial charge in [-0.3, -0.25) is 14.2 Å². The molecule has 2 aromatic rings. The molecule has 8 nitrogen and oxygen atoms in total. The molecule has 1 atom stereocenters. The maximum atomic E-state index is 12.6. The van der Waals surface area contributed by atoms with Crippen LogP contribution in [0.1, 0.15) is 35.8 Å². The van der Waals surface area contributed by atoms with E-state index in [1.54, 1.807) is 25.1 Å². The number of carbonyl (C=O) groups is 1. The Balaban J connectivity index is 1.99. The zero-order chi connectivity index (χ0) is 18.7. The van der Waals surface area contributed by atoms with Crippen LogP contribution in [0, 0.1) is 6.92 Å². The van der Waals surface area contributed by atoms with Crippen molar-refractivity contribution in [1.82, 2.24) is 19.7 Å². The Bertz CT molecular complexity index is 926. The highest BCUT2D eigenvalue weighted by Gasteiger charge is 2.22. The Labute approximate surface area is 150 Å². The molecule has 1 aromatic carbocycles. The Morgan fingerprint density at radius 2 is 2.19 bits per heavy atom. The van der Waals surface area contributed by atoms with Gasteiger partial charge in [-0.05, 0) is 44.4 Å². The van der Waals surface area contributed by atoms with Crippen molar-refractivity contribution in [3.8, 4) is 5.69 Å². The summed E-state index contributed by atoms with van der Waals surface area (Å²) < 4.78 is 7.57. The fourth-order valence-corrected chi connectivity index (χ4v) is 2.96. The summed E-state index contributed by atoms with van der Waals surface area (Å²) in [5.41, 5.74) is -0.115. The van der Waals surface area contributed by atoms with Gasteiger partial charge in [0.2, 0.25) is 5.69 Å². The first-order chi connectivity index (χ1) is 12.5. The van der Waals surface area contributed by atoms with Gasteiger partial charge in [-0.15, -0.1) is 0 Å². The van der Waals surface area contributed by atoms with Crippen LogP contribution in [0.4, 0.5) is 0 Å². The molecule has 26 heavy (non-hydrogen) atoms. The molecule has 0 spiro atoms. The van der Waals surface area contributed by atoms with E-state index in [1.165, 1.54) is 0 Å². The summed E-state index contributed by atoms with van der Waals surface area (Å²) in [4.78, 5) is 37.6. The van der Waals surface area contributed by atoms with Crippen molar-refractivity contribution in [3.63, 3.8) is 0 Å². The first kappa shape index (κ1) is 18.1. The minimum Gasteiger partial charge on any atom is -0.376 e. The predicted octanol–water partition coefficient (Wildman–Crippen LogP) is 0.631. The molecule has 1 aromatic heterocycles. The van der Waals surface area contributed by atoms with E-state index in [0.717, 1.165) is 27.7 Å². The average molecular weight is 358 g/mol. The van der Waals surface area contributed by atoms with E-state index in [0.29, 0.717) is 18.8 Å². The van der Waals surface area contributed by atoms with E-state index in [4.69, 9.17) is 4.74 Å². The molecule has 8 heteroatoms. The highest BCUT2D eigenvalue weighted by molar-refractivity contribution is 5.91. The molecule has 0 bridgehead atoms. The van der Waals surface area contributed by atoms with Crippen LogP contribution in [-0.2, 0) is 11.3 Å². The number of hydrogen-bond acceptors (Lipinski definition) is 5. The van der Waals surface area contributed by atoms with Crippen LogP contribution in [0.3, 0.4) is 0 Å². The number of nitrogens with zero attached hydrogens (tertiary/aromatic N) is 3. The van der Waals surface area contributed by atoms with Gasteiger partial charge in [-0.25, -0.2) is 4.79 Å². The number of ether oxygens (including phenoxy) is 1. The van der Waals surface area contributed by atoms with E-state index >= 15 is 0 Å². The van der Waals surface area contributed by atoms with Gasteiger partial charge in [0.25, 0.3) is 11.5 Å². The van der Waals surface area contributed by atoms with E-state index in [-0.39, 0.29) is 18.3 Å². The molecule has 1 saturated heterocycles. The van der Waals surface area contributed by atoms with Crippen molar-refractivity contribution >= 4 is 5.91 Å². The van der Waals surface area contributed by atoms with Crippen molar-refractivity contribution in [1.29, 1.82) is 0 Å². The zero-order valence-corrected chi connectivity index (χ0v) is 14.9. The fraction of sp³-hybridized carbons (Fsp3) is 0.444. The quantitative estimate of drug-likeness (QED) is 0.846. The summed E-state index contributed by atoms with van der Waals surface area (Å²) in [7, 11) is 0. The summed E-state index contributed by atoms with van der Waals surface area (Å²) in [6.07, 6.45) is 1.78. The molecule has 138 valence electrons. The first-order valence-electron chi connectivity index (χ1n) is 8.72. The normalized spacial score (nSPS) is 16.6. The highest BCUT2D eigenvalue weighted by Crippen LogP contribution is 2.10. The second kappa shape index (κ2) is 7.65. The van der Waals surface area contributed by atoms with Gasteiger partial charge in [-0.1, -0.05) is 12.1 Å². The average Bonchev–Trinajstić information content (AvgIpc) is 3.14. The molecular weight excluding hydrogens is 336 g/mol. The van der Waals surface area contributed by atoms with E-state index in [9.17, 15) is 14.4 Å². The largest absolute Gasteiger partial charge is 0.376 e. The Morgan fingerprint density at radius 3 is 2.85 bits per heavy atom. The first-order valence-corrected chi connectivity index (χ1v) is 8.72. The van der Waals surface area contributed by atoms with Crippen LogP contribution in [0.5, 0.6) is 0 Å². The number of rotatable bonds is 5. The third-order valence-electron chi connectivity index (χ3n) is 4.35. The number of aromatic nitrogens is 3. The second-order valence-corrected chi connectivity index (χ2v) is 6.28. The maximum Gasteiger partial charge on any atom is 0.352 e. The van der Waals surface area contributed by atoms with Gasteiger partial charge < -0.3 is 10.1 Å². The summed E-state index contributed by atoms with van der Waals surface area (Å²) in [6, 6.07) is 7.16. The minimum atomic E-state index is -0.689. The lowest BCUT2D eigenvalue weighted by molar-refractivity contribution is 0.0849. The monoisotopic (exact) mass is 358 g/mol. The van der Waals surface area contributed by atoms with Gasteiger partial charge in [-0.2, -0.15) is 9.78 Å². The van der Waals surface area contributed by atoms with Crippen LogP contribution in [-0.4, -0.2) is 39.5 Å². The lowest BCUT2D eigenvalue weighted by atomic mass is 10.2. The molecule has 1 fully saturated rings. The van der Waals surface area contributed by atoms with Crippen LogP contribution >= 0.6 is 0 Å². The topological polar surface area (TPSA) is 95.2 Å². The summed E-state index contributed by atoms with van der Waals surface area (Å²) >= 11 is 0. The molecule has 1 amide bonds. The molecule has 0 saturated carbocycles. The number of aryl methyl sites for hydroxylation is 1. The summed E-state index contributed by atoms with van der Waals surface area (Å²) in [5, 5.41) is 6.74. The summed E-state index contributed by atoms with van der Waals surface area (Å²) in [5.74, 6) is -0.603. The molecule has 1 unspecified atom stereocenters. The van der Waals surface area contributed by atoms with Crippen molar-refractivity contribution in [2.24, 2.45) is 0 Å². The molecule has 1 N–H and O–H groups in total. The molecule has 0 aliphatic carbocycles. The van der Waals surface area contributed by atoms with Crippen molar-refractivity contribution in [2.75, 3.05) is 13.2 Å². The van der Waals surface area contributed by atoms with Crippen LogP contribution in [0.15, 0.2) is 33.9 Å². The number of carbonyl (C=O) groups excluding carboxylic acids is 1.